The fourth-order valence-corrected chi connectivity index (χ4v) is 2.79. The number of nitrogens with two attached hydrogens (primary N) is 1. The second kappa shape index (κ2) is 7.29. The number of hydrogen-bond donors (Lipinski definition) is 2. The van der Waals surface area contributed by atoms with Crippen LogP contribution in [0.15, 0.2) is 67.0 Å². The first-order chi connectivity index (χ1) is 13.2. The third-order valence-corrected chi connectivity index (χ3v) is 4.18. The molecule has 2 aromatic carbocycles. The highest BCUT2D eigenvalue weighted by Crippen LogP contribution is 2.32. The molecule has 27 heavy (non-hydrogen) atoms. The van der Waals surface area contributed by atoms with E-state index in [1.54, 1.807) is 0 Å². The number of aryl methyl sites for hydroxylation is 1. The topological polar surface area (TPSA) is 86.0 Å². The number of nitrogens with zero attached hydrogens (tertiary/aromatic N) is 3. The summed E-state index contributed by atoms with van der Waals surface area (Å²) in [7, 11) is 0. The maximum Gasteiger partial charge on any atom is 0.248 e. The van der Waals surface area contributed by atoms with Crippen LogP contribution in [-0.4, -0.2) is 15.0 Å². The first-order valence-electron chi connectivity index (χ1n) is 8.63. The zero-order valence-electron chi connectivity index (χ0n) is 14.9. The molecule has 0 fully saturated rings. The van der Waals surface area contributed by atoms with Crippen LogP contribution in [-0.2, 0) is 6.54 Å². The summed E-state index contributed by atoms with van der Waals surface area (Å²) in [5, 5.41) is 4.22. The lowest BCUT2D eigenvalue weighted by molar-refractivity contribution is 0.468. The standard InChI is InChI=1S/C21H19N5O/c1-14-10-11-16-8-5-9-17(19(16)26-14)27-21-18(22)20(24-13-25-21)23-12-15-6-3-2-4-7-15/h2-11,13H,12,22H2,1H3,(H,23,24,25). The Morgan fingerprint density at radius 2 is 1.81 bits per heavy atom. The van der Waals surface area contributed by atoms with Crippen molar-refractivity contribution in [3.63, 3.8) is 0 Å². The molecule has 134 valence electrons. The minimum absolute atomic E-state index is 0.302. The summed E-state index contributed by atoms with van der Waals surface area (Å²) in [6.07, 6.45) is 1.43. The van der Waals surface area contributed by atoms with E-state index >= 15 is 0 Å². The van der Waals surface area contributed by atoms with Gasteiger partial charge in [0.05, 0.1) is 0 Å². The van der Waals surface area contributed by atoms with Gasteiger partial charge in [0.1, 0.15) is 17.5 Å². The molecule has 2 heterocycles. The summed E-state index contributed by atoms with van der Waals surface area (Å²) >= 11 is 0. The number of aromatic nitrogens is 3. The number of para-hydroxylation sites is 1. The number of hydrogen-bond acceptors (Lipinski definition) is 6. The summed E-state index contributed by atoms with van der Waals surface area (Å²) in [5.74, 6) is 1.44. The normalized spacial score (nSPS) is 10.7. The molecule has 0 atom stereocenters. The van der Waals surface area contributed by atoms with Crippen molar-refractivity contribution in [1.29, 1.82) is 0 Å². The van der Waals surface area contributed by atoms with E-state index in [1.807, 2.05) is 67.6 Å². The predicted molar refractivity (Wildman–Crippen MR) is 107 cm³/mol. The lowest BCUT2D eigenvalue weighted by Gasteiger charge is -2.13. The molecule has 0 amide bonds. The lowest BCUT2D eigenvalue weighted by Crippen LogP contribution is -2.06. The van der Waals surface area contributed by atoms with E-state index in [9.17, 15) is 0 Å². The minimum Gasteiger partial charge on any atom is -0.435 e. The van der Waals surface area contributed by atoms with Crippen LogP contribution < -0.4 is 15.8 Å². The number of nitrogens with one attached hydrogen (secondary N) is 1. The summed E-state index contributed by atoms with van der Waals surface area (Å²) in [4.78, 5) is 13.0. The summed E-state index contributed by atoms with van der Waals surface area (Å²) < 4.78 is 5.99. The van der Waals surface area contributed by atoms with Gasteiger partial charge in [-0.2, -0.15) is 4.98 Å². The van der Waals surface area contributed by atoms with Crippen molar-refractivity contribution >= 4 is 22.4 Å². The number of rotatable bonds is 5. The SMILES string of the molecule is Cc1ccc2cccc(Oc3ncnc(NCc4ccccc4)c3N)c2n1. The van der Waals surface area contributed by atoms with Gasteiger partial charge in [-0.05, 0) is 24.6 Å². The van der Waals surface area contributed by atoms with Crippen LogP contribution >= 0.6 is 0 Å². The van der Waals surface area contributed by atoms with Crippen LogP contribution in [0.4, 0.5) is 11.5 Å². The number of anilines is 2. The summed E-state index contributed by atoms with van der Waals surface area (Å²) in [5.41, 5.74) is 9.42. The molecule has 0 aliphatic heterocycles. The van der Waals surface area contributed by atoms with Gasteiger partial charge in [0, 0.05) is 17.6 Å². The minimum atomic E-state index is 0.302. The van der Waals surface area contributed by atoms with Crippen molar-refractivity contribution in [2.24, 2.45) is 0 Å². The number of nitrogen functional groups attached to an aromatic ring is 1. The predicted octanol–water partition coefficient (Wildman–Crippen LogP) is 4.32. The van der Waals surface area contributed by atoms with Gasteiger partial charge in [-0.25, -0.2) is 9.97 Å². The molecule has 0 aliphatic carbocycles. The highest BCUT2D eigenvalue weighted by molar-refractivity contribution is 5.85. The van der Waals surface area contributed by atoms with Gasteiger partial charge in [-0.1, -0.05) is 48.5 Å². The highest BCUT2D eigenvalue weighted by atomic mass is 16.5. The van der Waals surface area contributed by atoms with E-state index in [2.05, 4.69) is 20.3 Å². The van der Waals surface area contributed by atoms with Gasteiger partial charge >= 0.3 is 0 Å². The fourth-order valence-electron chi connectivity index (χ4n) is 2.79. The van der Waals surface area contributed by atoms with Crippen LogP contribution in [0, 0.1) is 6.92 Å². The van der Waals surface area contributed by atoms with Crippen molar-refractivity contribution in [3.05, 3.63) is 78.2 Å². The third kappa shape index (κ3) is 3.64. The maximum atomic E-state index is 6.24. The third-order valence-electron chi connectivity index (χ3n) is 4.18. The van der Waals surface area contributed by atoms with E-state index in [0.717, 1.165) is 22.2 Å². The molecule has 0 saturated carbocycles. The van der Waals surface area contributed by atoms with E-state index in [4.69, 9.17) is 10.5 Å². The van der Waals surface area contributed by atoms with Crippen LogP contribution in [0.1, 0.15) is 11.3 Å². The average Bonchev–Trinajstić information content (AvgIpc) is 2.70. The first kappa shape index (κ1) is 16.8. The summed E-state index contributed by atoms with van der Waals surface area (Å²) in [6, 6.07) is 19.8. The molecule has 4 aromatic rings. The molecule has 4 rings (SSSR count). The number of ether oxygens (including phenoxy) is 1. The number of pyridine rings is 1. The molecule has 0 aliphatic rings. The van der Waals surface area contributed by atoms with Gasteiger partial charge in [0.15, 0.2) is 11.6 Å². The van der Waals surface area contributed by atoms with Crippen LogP contribution in [0.2, 0.25) is 0 Å². The quantitative estimate of drug-likeness (QED) is 0.553. The van der Waals surface area contributed by atoms with Gasteiger partial charge in [-0.3, -0.25) is 0 Å². The van der Waals surface area contributed by atoms with Crippen LogP contribution in [0.5, 0.6) is 11.6 Å². The van der Waals surface area contributed by atoms with Gasteiger partial charge in [0.25, 0.3) is 0 Å². The molecule has 6 heteroatoms. The highest BCUT2D eigenvalue weighted by Gasteiger charge is 2.12. The Bertz CT molecular complexity index is 1080. The van der Waals surface area contributed by atoms with Gasteiger partial charge in [0.2, 0.25) is 5.88 Å². The molecular weight excluding hydrogens is 338 g/mol. The van der Waals surface area contributed by atoms with Crippen molar-refractivity contribution in [1.82, 2.24) is 15.0 Å². The van der Waals surface area contributed by atoms with Crippen molar-refractivity contribution < 1.29 is 4.74 Å². The summed E-state index contributed by atoms with van der Waals surface area (Å²) in [6.45, 7) is 2.55. The Balaban J connectivity index is 1.61. The zero-order chi connectivity index (χ0) is 18.6. The molecule has 0 unspecified atom stereocenters. The van der Waals surface area contributed by atoms with E-state index in [1.165, 1.54) is 6.33 Å². The molecule has 3 N–H and O–H groups in total. The molecule has 0 bridgehead atoms. The largest absolute Gasteiger partial charge is 0.435 e. The zero-order valence-corrected chi connectivity index (χ0v) is 14.9. The molecule has 6 nitrogen and oxygen atoms in total. The van der Waals surface area contributed by atoms with Gasteiger partial charge < -0.3 is 15.8 Å². The molecule has 0 radical (unpaired) electrons. The molecule has 0 spiro atoms. The Morgan fingerprint density at radius 1 is 0.963 bits per heavy atom. The smallest absolute Gasteiger partial charge is 0.248 e. The van der Waals surface area contributed by atoms with Crippen LogP contribution in [0.25, 0.3) is 10.9 Å². The molecule has 0 saturated heterocycles. The van der Waals surface area contributed by atoms with E-state index in [0.29, 0.717) is 29.7 Å². The second-order valence-corrected chi connectivity index (χ2v) is 6.16. The fraction of sp³-hybridized carbons (Fsp3) is 0.0952. The average molecular weight is 357 g/mol. The van der Waals surface area contributed by atoms with E-state index in [-0.39, 0.29) is 0 Å². The first-order valence-corrected chi connectivity index (χ1v) is 8.63. The van der Waals surface area contributed by atoms with Crippen molar-refractivity contribution in [2.75, 3.05) is 11.1 Å². The maximum absolute atomic E-state index is 6.24. The van der Waals surface area contributed by atoms with Crippen LogP contribution in [0.3, 0.4) is 0 Å². The lowest BCUT2D eigenvalue weighted by atomic mass is 10.2. The van der Waals surface area contributed by atoms with Gasteiger partial charge in [-0.15, -0.1) is 0 Å². The second-order valence-electron chi connectivity index (χ2n) is 6.16. The Kier molecular flexibility index (Phi) is 4.53. The van der Waals surface area contributed by atoms with Crippen molar-refractivity contribution in [2.45, 2.75) is 13.5 Å². The number of fused-ring (bicyclic) bond motifs is 1. The monoisotopic (exact) mass is 357 g/mol. The van der Waals surface area contributed by atoms with Crippen molar-refractivity contribution in [3.8, 4) is 11.6 Å². The Labute approximate surface area is 157 Å². The molecular formula is C21H19N5O. The molecule has 2 aromatic heterocycles. The number of benzene rings is 2. The Hall–Kier alpha value is -3.67. The Morgan fingerprint density at radius 3 is 2.67 bits per heavy atom. The van der Waals surface area contributed by atoms with E-state index < -0.39 is 0 Å².